The van der Waals surface area contributed by atoms with Crippen LogP contribution in [0.1, 0.15) is 25.5 Å². The topological polar surface area (TPSA) is 57.0 Å². The Hall–Kier alpha value is -1.30. The third-order valence-electron chi connectivity index (χ3n) is 3.60. The Morgan fingerprint density at radius 3 is 2.62 bits per heavy atom. The highest BCUT2D eigenvalue weighted by atomic mass is 16.6. The van der Waals surface area contributed by atoms with E-state index >= 15 is 0 Å². The molecule has 1 aliphatic heterocycles. The minimum atomic E-state index is 0.150. The average Bonchev–Trinajstić information content (AvgIpc) is 2.47. The molecule has 0 radical (unpaired) electrons. The van der Waals surface area contributed by atoms with Gasteiger partial charge in [0, 0.05) is 19.1 Å². The van der Waals surface area contributed by atoms with E-state index in [9.17, 15) is 0 Å². The summed E-state index contributed by atoms with van der Waals surface area (Å²) in [4.78, 5) is 2.22. The Kier molecular flexibility index (Phi) is 5.85. The predicted octanol–water partition coefficient (Wildman–Crippen LogP) is 1.81. The minimum absolute atomic E-state index is 0.150. The number of likely N-dealkylation sites (N-methyl/N-ethyl adjacent to an activating group) is 1. The molecule has 0 fully saturated rings. The lowest BCUT2D eigenvalue weighted by atomic mass is 10.0. The van der Waals surface area contributed by atoms with E-state index in [2.05, 4.69) is 18.0 Å². The molecule has 1 heterocycles. The molecule has 5 nitrogen and oxygen atoms in total. The molecule has 0 bridgehead atoms. The Balaban J connectivity index is 2.02. The summed E-state index contributed by atoms with van der Waals surface area (Å²) in [6, 6.07) is 6.21. The second kappa shape index (κ2) is 7.64. The number of ether oxygens (including phenoxy) is 3. The molecule has 5 heteroatoms. The second-order valence-electron chi connectivity index (χ2n) is 5.55. The molecule has 2 rings (SSSR count). The molecular formula is C16H26N2O3. The van der Waals surface area contributed by atoms with Crippen LogP contribution in [0.3, 0.4) is 0 Å². The van der Waals surface area contributed by atoms with Crippen molar-refractivity contribution in [3.8, 4) is 11.5 Å². The molecule has 21 heavy (non-hydrogen) atoms. The van der Waals surface area contributed by atoms with Crippen molar-refractivity contribution in [3.63, 3.8) is 0 Å². The van der Waals surface area contributed by atoms with Gasteiger partial charge in [0.15, 0.2) is 11.5 Å². The van der Waals surface area contributed by atoms with Crippen LogP contribution in [0.5, 0.6) is 11.5 Å². The van der Waals surface area contributed by atoms with Gasteiger partial charge in [-0.1, -0.05) is 6.07 Å². The van der Waals surface area contributed by atoms with Gasteiger partial charge in [-0.05, 0) is 38.6 Å². The molecule has 1 aromatic rings. The van der Waals surface area contributed by atoms with Crippen molar-refractivity contribution < 1.29 is 14.2 Å². The van der Waals surface area contributed by atoms with Crippen LogP contribution in [-0.2, 0) is 4.74 Å². The van der Waals surface area contributed by atoms with Gasteiger partial charge in [0.05, 0.1) is 12.7 Å². The number of hydrogen-bond acceptors (Lipinski definition) is 5. The van der Waals surface area contributed by atoms with Crippen LogP contribution in [0, 0.1) is 0 Å². The number of rotatable bonds is 7. The van der Waals surface area contributed by atoms with Crippen molar-refractivity contribution in [1.82, 2.24) is 4.90 Å². The lowest BCUT2D eigenvalue weighted by Gasteiger charge is -2.28. The first kappa shape index (κ1) is 16.1. The first-order valence-corrected chi connectivity index (χ1v) is 7.53. The van der Waals surface area contributed by atoms with Crippen LogP contribution < -0.4 is 15.2 Å². The van der Waals surface area contributed by atoms with Gasteiger partial charge in [-0.25, -0.2) is 0 Å². The van der Waals surface area contributed by atoms with Crippen molar-refractivity contribution in [1.29, 1.82) is 0 Å². The first-order valence-electron chi connectivity index (χ1n) is 7.53. The van der Waals surface area contributed by atoms with Gasteiger partial charge in [-0.15, -0.1) is 0 Å². The summed E-state index contributed by atoms with van der Waals surface area (Å²) < 4.78 is 16.8. The van der Waals surface area contributed by atoms with Crippen molar-refractivity contribution in [3.05, 3.63) is 23.8 Å². The summed E-state index contributed by atoms with van der Waals surface area (Å²) >= 11 is 0. The van der Waals surface area contributed by atoms with E-state index in [0.717, 1.165) is 23.6 Å². The van der Waals surface area contributed by atoms with Crippen molar-refractivity contribution >= 4 is 0 Å². The van der Waals surface area contributed by atoms with Crippen LogP contribution in [0.15, 0.2) is 18.2 Å². The van der Waals surface area contributed by atoms with E-state index < -0.39 is 0 Å². The smallest absolute Gasteiger partial charge is 0.161 e. The lowest BCUT2D eigenvalue weighted by Crippen LogP contribution is -2.33. The maximum Gasteiger partial charge on any atom is 0.161 e. The summed E-state index contributed by atoms with van der Waals surface area (Å²) in [5.41, 5.74) is 7.11. The Morgan fingerprint density at radius 1 is 1.24 bits per heavy atom. The monoisotopic (exact) mass is 294 g/mol. The Morgan fingerprint density at radius 2 is 1.95 bits per heavy atom. The molecule has 0 saturated carbocycles. The molecule has 0 amide bonds. The van der Waals surface area contributed by atoms with E-state index in [1.807, 2.05) is 26.0 Å². The summed E-state index contributed by atoms with van der Waals surface area (Å²) in [6.07, 6.45) is 0.254. The standard InChI is InChI=1S/C16H26N2O3/c1-12(2)19-7-6-18(3)14(11-17)13-4-5-15-16(10-13)21-9-8-20-15/h4-5,10,12,14H,6-9,11,17H2,1-3H3. The van der Waals surface area contributed by atoms with Crippen LogP contribution in [0.4, 0.5) is 0 Å². The summed E-state index contributed by atoms with van der Waals surface area (Å²) in [5.74, 6) is 1.62. The summed E-state index contributed by atoms with van der Waals surface area (Å²) in [7, 11) is 2.07. The van der Waals surface area contributed by atoms with Gasteiger partial charge < -0.3 is 19.9 Å². The molecule has 1 atom stereocenters. The van der Waals surface area contributed by atoms with Gasteiger partial charge in [-0.3, -0.25) is 4.90 Å². The molecule has 0 saturated heterocycles. The highest BCUT2D eigenvalue weighted by Crippen LogP contribution is 2.33. The van der Waals surface area contributed by atoms with Crippen molar-refractivity contribution in [2.24, 2.45) is 5.73 Å². The number of nitrogens with zero attached hydrogens (tertiary/aromatic N) is 1. The zero-order valence-corrected chi connectivity index (χ0v) is 13.2. The summed E-state index contributed by atoms with van der Waals surface area (Å²) in [5, 5.41) is 0. The number of benzene rings is 1. The second-order valence-corrected chi connectivity index (χ2v) is 5.55. The average molecular weight is 294 g/mol. The van der Waals surface area contributed by atoms with Crippen LogP contribution in [0.25, 0.3) is 0 Å². The highest BCUT2D eigenvalue weighted by Gasteiger charge is 2.19. The lowest BCUT2D eigenvalue weighted by molar-refractivity contribution is 0.0564. The third-order valence-corrected chi connectivity index (χ3v) is 3.60. The fraction of sp³-hybridized carbons (Fsp3) is 0.625. The molecule has 2 N–H and O–H groups in total. The fourth-order valence-corrected chi connectivity index (χ4v) is 2.43. The molecule has 0 aromatic heterocycles. The molecule has 1 aromatic carbocycles. The van der Waals surface area contributed by atoms with Crippen molar-refractivity contribution in [2.75, 3.05) is 40.0 Å². The van der Waals surface area contributed by atoms with Crippen LogP contribution >= 0.6 is 0 Å². The van der Waals surface area contributed by atoms with E-state index in [-0.39, 0.29) is 12.1 Å². The molecule has 118 valence electrons. The fourth-order valence-electron chi connectivity index (χ4n) is 2.43. The maximum atomic E-state index is 5.96. The van der Waals surface area contributed by atoms with Crippen LogP contribution in [0.2, 0.25) is 0 Å². The van der Waals surface area contributed by atoms with Gasteiger partial charge in [0.2, 0.25) is 0 Å². The SMILES string of the molecule is CC(C)OCCN(C)C(CN)c1ccc2c(c1)OCCO2. The molecule has 1 aliphatic rings. The molecule has 0 aliphatic carbocycles. The largest absolute Gasteiger partial charge is 0.486 e. The third kappa shape index (κ3) is 4.33. The van der Waals surface area contributed by atoms with Gasteiger partial charge >= 0.3 is 0 Å². The van der Waals surface area contributed by atoms with Gasteiger partial charge in [0.1, 0.15) is 13.2 Å². The number of fused-ring (bicyclic) bond motifs is 1. The van der Waals surface area contributed by atoms with Crippen LogP contribution in [-0.4, -0.2) is 51.0 Å². The normalized spacial score (nSPS) is 15.5. The van der Waals surface area contributed by atoms with E-state index in [1.165, 1.54) is 0 Å². The van der Waals surface area contributed by atoms with E-state index in [4.69, 9.17) is 19.9 Å². The van der Waals surface area contributed by atoms with Crippen molar-refractivity contribution in [2.45, 2.75) is 26.0 Å². The van der Waals surface area contributed by atoms with Gasteiger partial charge in [0.25, 0.3) is 0 Å². The maximum absolute atomic E-state index is 5.96. The predicted molar refractivity (Wildman–Crippen MR) is 82.9 cm³/mol. The Labute approximate surface area is 127 Å². The quantitative estimate of drug-likeness (QED) is 0.831. The summed E-state index contributed by atoms with van der Waals surface area (Å²) in [6.45, 7) is 7.39. The zero-order valence-electron chi connectivity index (χ0n) is 13.2. The van der Waals surface area contributed by atoms with Gasteiger partial charge in [-0.2, -0.15) is 0 Å². The molecular weight excluding hydrogens is 268 g/mol. The Bertz CT molecular complexity index is 451. The number of nitrogens with two attached hydrogens (primary N) is 1. The zero-order chi connectivity index (χ0) is 15.2. The first-order chi connectivity index (χ1) is 10.1. The molecule has 1 unspecified atom stereocenters. The minimum Gasteiger partial charge on any atom is -0.486 e. The van der Waals surface area contributed by atoms with E-state index in [1.54, 1.807) is 0 Å². The highest BCUT2D eigenvalue weighted by molar-refractivity contribution is 5.44. The molecule has 0 spiro atoms. The van der Waals surface area contributed by atoms with E-state index in [0.29, 0.717) is 26.4 Å². The number of hydrogen-bond donors (Lipinski definition) is 1.